The predicted molar refractivity (Wildman–Crippen MR) is 82.0 cm³/mol. The molecule has 0 aromatic carbocycles. The van der Waals surface area contributed by atoms with Gasteiger partial charge < -0.3 is 14.8 Å². The molecule has 2 aromatic rings. The molecular formula is C15H16ClN3O3. The van der Waals surface area contributed by atoms with Crippen LogP contribution in [0.4, 0.5) is 0 Å². The molecule has 2 heterocycles. The van der Waals surface area contributed by atoms with Crippen LogP contribution in [0.5, 0.6) is 5.88 Å². The first kappa shape index (κ1) is 16.2. The third kappa shape index (κ3) is 4.98. The summed E-state index contributed by atoms with van der Waals surface area (Å²) in [6, 6.07) is 6.71. The lowest BCUT2D eigenvalue weighted by Gasteiger charge is -2.07. The molecule has 22 heavy (non-hydrogen) atoms. The SMILES string of the molecule is COCCOc1ccc(CNC(=O)c2ccnc(Cl)c2)cn1. The van der Waals surface area contributed by atoms with E-state index in [1.165, 1.54) is 12.3 Å². The Hall–Kier alpha value is -2.18. The monoisotopic (exact) mass is 321 g/mol. The van der Waals surface area contributed by atoms with Crippen LogP contribution in [-0.4, -0.2) is 36.2 Å². The van der Waals surface area contributed by atoms with E-state index >= 15 is 0 Å². The van der Waals surface area contributed by atoms with Crippen molar-refractivity contribution in [1.29, 1.82) is 0 Å². The molecular weight excluding hydrogens is 306 g/mol. The highest BCUT2D eigenvalue weighted by Crippen LogP contribution is 2.09. The number of pyridine rings is 2. The molecule has 1 N–H and O–H groups in total. The van der Waals surface area contributed by atoms with Gasteiger partial charge in [0.05, 0.1) is 6.61 Å². The zero-order valence-electron chi connectivity index (χ0n) is 12.1. The van der Waals surface area contributed by atoms with Crippen LogP contribution in [-0.2, 0) is 11.3 Å². The van der Waals surface area contributed by atoms with E-state index in [1.807, 2.05) is 6.07 Å². The summed E-state index contributed by atoms with van der Waals surface area (Å²) in [6.45, 7) is 1.32. The van der Waals surface area contributed by atoms with Crippen molar-refractivity contribution in [3.63, 3.8) is 0 Å². The fourth-order valence-electron chi connectivity index (χ4n) is 1.66. The van der Waals surface area contributed by atoms with E-state index in [-0.39, 0.29) is 11.1 Å². The van der Waals surface area contributed by atoms with Crippen LogP contribution in [0.15, 0.2) is 36.7 Å². The first-order chi connectivity index (χ1) is 10.7. The molecule has 0 spiro atoms. The minimum Gasteiger partial charge on any atom is -0.475 e. The molecule has 0 fully saturated rings. The minimum absolute atomic E-state index is 0.218. The topological polar surface area (TPSA) is 73.3 Å². The average molecular weight is 322 g/mol. The number of aromatic nitrogens is 2. The molecule has 116 valence electrons. The van der Waals surface area contributed by atoms with E-state index in [9.17, 15) is 4.79 Å². The smallest absolute Gasteiger partial charge is 0.251 e. The number of methoxy groups -OCH3 is 1. The number of nitrogens with one attached hydrogen (secondary N) is 1. The quantitative estimate of drug-likeness (QED) is 0.624. The third-order valence-corrected chi connectivity index (χ3v) is 2.98. The average Bonchev–Trinajstić information content (AvgIpc) is 2.54. The van der Waals surface area contributed by atoms with Crippen LogP contribution in [0.25, 0.3) is 0 Å². The second kappa shape index (κ2) is 8.31. The number of hydrogen-bond donors (Lipinski definition) is 1. The second-order valence-corrected chi connectivity index (χ2v) is 4.78. The van der Waals surface area contributed by atoms with Crippen LogP contribution in [0.2, 0.25) is 5.15 Å². The van der Waals surface area contributed by atoms with Gasteiger partial charge in [0.15, 0.2) is 0 Å². The van der Waals surface area contributed by atoms with Crippen LogP contribution >= 0.6 is 11.6 Å². The lowest BCUT2D eigenvalue weighted by Crippen LogP contribution is -2.22. The molecule has 0 radical (unpaired) electrons. The molecule has 0 atom stereocenters. The van der Waals surface area contributed by atoms with Crippen molar-refractivity contribution in [1.82, 2.24) is 15.3 Å². The van der Waals surface area contributed by atoms with Gasteiger partial charge in [0.1, 0.15) is 11.8 Å². The molecule has 0 aliphatic heterocycles. The van der Waals surface area contributed by atoms with Crippen molar-refractivity contribution >= 4 is 17.5 Å². The summed E-state index contributed by atoms with van der Waals surface area (Å²) >= 11 is 5.75. The van der Waals surface area contributed by atoms with Crippen molar-refractivity contribution in [3.05, 3.63) is 52.9 Å². The number of ether oxygens (including phenoxy) is 2. The number of carbonyl (C=O) groups is 1. The summed E-state index contributed by atoms with van der Waals surface area (Å²) in [4.78, 5) is 19.9. The largest absolute Gasteiger partial charge is 0.475 e. The highest BCUT2D eigenvalue weighted by molar-refractivity contribution is 6.29. The van der Waals surface area contributed by atoms with Crippen LogP contribution in [0, 0.1) is 0 Å². The van der Waals surface area contributed by atoms with Crippen LogP contribution < -0.4 is 10.1 Å². The standard InChI is InChI=1S/C15H16ClN3O3/c1-21-6-7-22-14-3-2-11(9-18-14)10-19-15(20)12-4-5-17-13(16)8-12/h2-5,8-9H,6-7,10H2,1H3,(H,19,20). The van der Waals surface area contributed by atoms with Gasteiger partial charge in [0.2, 0.25) is 5.88 Å². The van der Waals surface area contributed by atoms with Gasteiger partial charge in [-0.2, -0.15) is 0 Å². The van der Waals surface area contributed by atoms with Gasteiger partial charge in [0.25, 0.3) is 5.91 Å². The first-order valence-electron chi connectivity index (χ1n) is 6.65. The van der Waals surface area contributed by atoms with Gasteiger partial charge in [-0.15, -0.1) is 0 Å². The highest BCUT2D eigenvalue weighted by Gasteiger charge is 2.06. The third-order valence-electron chi connectivity index (χ3n) is 2.78. The highest BCUT2D eigenvalue weighted by atomic mass is 35.5. The Bertz CT molecular complexity index is 620. The van der Waals surface area contributed by atoms with Gasteiger partial charge in [-0.05, 0) is 17.7 Å². The number of halogens is 1. The summed E-state index contributed by atoms with van der Waals surface area (Å²) < 4.78 is 10.3. The lowest BCUT2D eigenvalue weighted by atomic mass is 10.2. The molecule has 0 bridgehead atoms. The molecule has 2 rings (SSSR count). The van der Waals surface area contributed by atoms with Gasteiger partial charge in [0, 0.05) is 37.7 Å². The Morgan fingerprint density at radius 2 is 2.14 bits per heavy atom. The number of amides is 1. The Balaban J connectivity index is 1.85. The van der Waals surface area contributed by atoms with E-state index in [1.54, 1.807) is 25.4 Å². The van der Waals surface area contributed by atoms with Gasteiger partial charge in [-0.3, -0.25) is 4.79 Å². The van der Waals surface area contributed by atoms with E-state index in [0.717, 1.165) is 5.56 Å². The summed E-state index contributed by atoms with van der Waals surface area (Å²) in [7, 11) is 1.61. The van der Waals surface area contributed by atoms with Gasteiger partial charge in [-0.25, -0.2) is 9.97 Å². The predicted octanol–water partition coefficient (Wildman–Crippen LogP) is 2.09. The van der Waals surface area contributed by atoms with Crippen LogP contribution in [0.1, 0.15) is 15.9 Å². The molecule has 7 heteroatoms. The van der Waals surface area contributed by atoms with E-state index in [2.05, 4.69) is 15.3 Å². The zero-order valence-corrected chi connectivity index (χ0v) is 12.8. The molecule has 1 amide bonds. The second-order valence-electron chi connectivity index (χ2n) is 4.40. The zero-order chi connectivity index (χ0) is 15.8. The number of carbonyl (C=O) groups excluding carboxylic acids is 1. The first-order valence-corrected chi connectivity index (χ1v) is 7.03. The molecule has 0 saturated carbocycles. The van der Waals surface area contributed by atoms with Crippen molar-refractivity contribution in [2.45, 2.75) is 6.54 Å². The van der Waals surface area contributed by atoms with Crippen molar-refractivity contribution in [2.24, 2.45) is 0 Å². The Labute approximate surface area is 133 Å². The molecule has 0 aliphatic rings. The molecule has 0 unspecified atom stereocenters. The van der Waals surface area contributed by atoms with E-state index in [4.69, 9.17) is 21.1 Å². The van der Waals surface area contributed by atoms with E-state index < -0.39 is 0 Å². The summed E-state index contributed by atoms with van der Waals surface area (Å²) in [5.74, 6) is 0.303. The molecule has 2 aromatic heterocycles. The molecule has 0 aliphatic carbocycles. The van der Waals surface area contributed by atoms with Crippen LogP contribution in [0.3, 0.4) is 0 Å². The Morgan fingerprint density at radius 3 is 2.82 bits per heavy atom. The molecule has 6 nitrogen and oxygen atoms in total. The maximum absolute atomic E-state index is 12.0. The fraction of sp³-hybridized carbons (Fsp3) is 0.267. The van der Waals surface area contributed by atoms with E-state index in [0.29, 0.717) is 31.2 Å². The summed E-state index contributed by atoms with van der Waals surface area (Å²) in [5, 5.41) is 3.07. The maximum atomic E-state index is 12.0. The summed E-state index contributed by atoms with van der Waals surface area (Å²) in [6.07, 6.45) is 3.15. The maximum Gasteiger partial charge on any atom is 0.251 e. The number of hydrogen-bond acceptors (Lipinski definition) is 5. The summed E-state index contributed by atoms with van der Waals surface area (Å²) in [5.41, 5.74) is 1.33. The van der Waals surface area contributed by atoms with Crippen molar-refractivity contribution in [3.8, 4) is 5.88 Å². The Morgan fingerprint density at radius 1 is 1.27 bits per heavy atom. The number of nitrogens with zero attached hydrogens (tertiary/aromatic N) is 2. The minimum atomic E-state index is -0.218. The Kier molecular flexibility index (Phi) is 6.12. The molecule has 0 saturated heterocycles. The van der Waals surface area contributed by atoms with Gasteiger partial charge >= 0.3 is 0 Å². The fourth-order valence-corrected chi connectivity index (χ4v) is 1.83. The normalized spacial score (nSPS) is 10.3. The van der Waals surface area contributed by atoms with Crippen molar-refractivity contribution in [2.75, 3.05) is 20.3 Å². The van der Waals surface area contributed by atoms with Crippen molar-refractivity contribution < 1.29 is 14.3 Å². The van der Waals surface area contributed by atoms with Gasteiger partial charge in [-0.1, -0.05) is 17.7 Å². The number of rotatable bonds is 7. The lowest BCUT2D eigenvalue weighted by molar-refractivity contribution is 0.0950.